The van der Waals surface area contributed by atoms with Gasteiger partial charge in [-0.25, -0.2) is 9.59 Å². The summed E-state index contributed by atoms with van der Waals surface area (Å²) in [4.78, 5) is 23.1. The summed E-state index contributed by atoms with van der Waals surface area (Å²) in [5.41, 5.74) is 4.59. The second-order valence-corrected chi connectivity index (χ2v) is 4.62. The molecule has 0 saturated carbocycles. The molecule has 0 aliphatic rings. The Balaban J connectivity index is 4.56. The lowest BCUT2D eigenvalue weighted by molar-refractivity contribution is -0.165. The maximum absolute atomic E-state index is 11.9. The van der Waals surface area contributed by atoms with E-state index < -0.39 is 23.6 Å². The average Bonchev–Trinajstić information content (AvgIpc) is 2.35. The minimum absolute atomic E-state index is 0.389. The molecule has 0 spiro atoms. The average molecular weight is 273 g/mol. The molecule has 0 saturated heterocycles. The first-order chi connectivity index (χ1) is 8.41. The van der Waals surface area contributed by atoms with Gasteiger partial charge in [-0.15, -0.1) is 6.58 Å². The van der Waals surface area contributed by atoms with Crippen LogP contribution in [0.3, 0.4) is 0 Å². The van der Waals surface area contributed by atoms with E-state index in [9.17, 15) is 9.59 Å². The lowest BCUT2D eigenvalue weighted by Gasteiger charge is -2.24. The molecule has 0 aromatic rings. The molecule has 2 unspecified atom stereocenters. The smallest absolute Gasteiger partial charge is 0.351 e. The van der Waals surface area contributed by atoms with Crippen molar-refractivity contribution >= 4 is 23.7 Å². The minimum atomic E-state index is -1.29. The molecule has 0 aromatic heterocycles. The number of nitrogens with two attached hydrogens (primary N) is 1. The predicted octanol–water partition coefficient (Wildman–Crippen LogP) is 1.24. The van der Waals surface area contributed by atoms with Crippen LogP contribution in [0.2, 0.25) is 0 Å². The normalized spacial score (nSPS) is 15.1. The molecule has 18 heavy (non-hydrogen) atoms. The maximum Gasteiger partial charge on any atom is 0.351 e. The van der Waals surface area contributed by atoms with Crippen molar-refractivity contribution in [3.63, 3.8) is 0 Å². The molecule has 6 heteroatoms. The molecule has 0 bridgehead atoms. The number of esters is 2. The second kappa shape index (κ2) is 7.94. The van der Waals surface area contributed by atoms with Crippen LogP contribution in [-0.4, -0.2) is 35.6 Å². The number of thioether (sulfide) groups is 1. The topological polar surface area (TPSA) is 78.6 Å². The van der Waals surface area contributed by atoms with Crippen LogP contribution in [0.25, 0.3) is 0 Å². The van der Waals surface area contributed by atoms with Gasteiger partial charge in [-0.05, 0) is 25.4 Å². The Kier molecular flexibility index (Phi) is 7.38. The zero-order chi connectivity index (χ0) is 14.2. The van der Waals surface area contributed by atoms with E-state index in [1.807, 2.05) is 6.26 Å². The predicted molar refractivity (Wildman–Crippen MR) is 72.0 cm³/mol. The van der Waals surface area contributed by atoms with Gasteiger partial charge in [-0.3, -0.25) is 0 Å². The Morgan fingerprint density at radius 2 is 2.11 bits per heavy atom. The standard InChI is InChI=1S/C12H19NO4S/c1-5-12(13,7-8-18-4)11(15)17-9(3)10(14)16-6-2/h5-6,9H,1-2,7-8,13H2,3-4H3. The summed E-state index contributed by atoms with van der Waals surface area (Å²) >= 11 is 1.55. The third-order valence-corrected chi connectivity index (χ3v) is 2.89. The van der Waals surface area contributed by atoms with Crippen LogP contribution in [0, 0.1) is 0 Å². The summed E-state index contributed by atoms with van der Waals surface area (Å²) in [6, 6.07) is 0. The molecule has 0 amide bonds. The van der Waals surface area contributed by atoms with E-state index in [2.05, 4.69) is 17.9 Å². The molecule has 0 heterocycles. The van der Waals surface area contributed by atoms with E-state index in [-0.39, 0.29) is 0 Å². The first-order valence-electron chi connectivity index (χ1n) is 5.35. The third kappa shape index (κ3) is 4.93. The minimum Gasteiger partial charge on any atom is -0.449 e. The molecule has 0 aliphatic carbocycles. The maximum atomic E-state index is 11.9. The largest absolute Gasteiger partial charge is 0.449 e. The monoisotopic (exact) mass is 273 g/mol. The number of rotatable bonds is 8. The van der Waals surface area contributed by atoms with Crippen molar-refractivity contribution < 1.29 is 19.1 Å². The van der Waals surface area contributed by atoms with Crippen LogP contribution in [0.4, 0.5) is 0 Å². The zero-order valence-electron chi connectivity index (χ0n) is 10.7. The summed E-state index contributed by atoms with van der Waals surface area (Å²) in [6.45, 7) is 8.17. The van der Waals surface area contributed by atoms with Gasteiger partial charge in [0.15, 0.2) is 6.10 Å². The molecule has 0 aromatic carbocycles. The summed E-state index contributed by atoms with van der Waals surface area (Å²) in [7, 11) is 0. The molecule has 2 atom stereocenters. The van der Waals surface area contributed by atoms with Gasteiger partial charge in [0.25, 0.3) is 0 Å². The van der Waals surface area contributed by atoms with E-state index in [0.29, 0.717) is 12.2 Å². The lowest BCUT2D eigenvalue weighted by Crippen LogP contribution is -2.49. The molecule has 0 aliphatic heterocycles. The van der Waals surface area contributed by atoms with Crippen LogP contribution in [0.15, 0.2) is 25.5 Å². The fourth-order valence-electron chi connectivity index (χ4n) is 1.05. The van der Waals surface area contributed by atoms with Crippen LogP contribution in [0.1, 0.15) is 13.3 Å². The van der Waals surface area contributed by atoms with E-state index in [0.717, 1.165) is 6.26 Å². The Bertz CT molecular complexity index is 332. The summed E-state index contributed by atoms with van der Waals surface area (Å²) in [5, 5.41) is 0. The quantitative estimate of drug-likeness (QED) is 0.407. The summed E-state index contributed by atoms with van der Waals surface area (Å²) < 4.78 is 9.46. The molecule has 5 nitrogen and oxygen atoms in total. The van der Waals surface area contributed by atoms with Gasteiger partial charge in [0.1, 0.15) is 5.54 Å². The van der Waals surface area contributed by atoms with Gasteiger partial charge in [-0.1, -0.05) is 12.7 Å². The molecular formula is C12H19NO4S. The highest BCUT2D eigenvalue weighted by Crippen LogP contribution is 2.15. The Hall–Kier alpha value is -1.27. The Morgan fingerprint density at radius 3 is 2.56 bits per heavy atom. The fourth-order valence-corrected chi connectivity index (χ4v) is 1.60. The number of carbonyl (C=O) groups is 2. The highest BCUT2D eigenvalue weighted by atomic mass is 32.2. The molecule has 0 rings (SSSR count). The SMILES string of the molecule is C=COC(=O)C(C)OC(=O)C(N)(C=C)CCSC. The lowest BCUT2D eigenvalue weighted by atomic mass is 9.98. The molecule has 102 valence electrons. The van der Waals surface area contributed by atoms with Gasteiger partial charge in [0.2, 0.25) is 0 Å². The zero-order valence-corrected chi connectivity index (χ0v) is 11.5. The van der Waals surface area contributed by atoms with Crippen molar-refractivity contribution in [3.8, 4) is 0 Å². The first-order valence-corrected chi connectivity index (χ1v) is 6.74. The van der Waals surface area contributed by atoms with Crippen molar-refractivity contribution in [1.29, 1.82) is 0 Å². The molecular weight excluding hydrogens is 254 g/mol. The fraction of sp³-hybridized carbons (Fsp3) is 0.500. The van der Waals surface area contributed by atoms with Gasteiger partial charge in [-0.2, -0.15) is 11.8 Å². The van der Waals surface area contributed by atoms with Gasteiger partial charge < -0.3 is 15.2 Å². The molecule has 0 radical (unpaired) electrons. The third-order valence-electron chi connectivity index (χ3n) is 2.28. The van der Waals surface area contributed by atoms with Crippen LogP contribution < -0.4 is 5.73 Å². The number of hydrogen-bond donors (Lipinski definition) is 1. The van der Waals surface area contributed by atoms with Crippen molar-refractivity contribution in [2.45, 2.75) is 25.0 Å². The van der Waals surface area contributed by atoms with E-state index in [4.69, 9.17) is 10.5 Å². The number of carbonyl (C=O) groups excluding carboxylic acids is 2. The first kappa shape index (κ1) is 16.7. The van der Waals surface area contributed by atoms with E-state index >= 15 is 0 Å². The van der Waals surface area contributed by atoms with Gasteiger partial charge >= 0.3 is 11.9 Å². The number of hydrogen-bond acceptors (Lipinski definition) is 6. The number of ether oxygens (including phenoxy) is 2. The van der Waals surface area contributed by atoms with Crippen LogP contribution in [-0.2, 0) is 19.1 Å². The van der Waals surface area contributed by atoms with Crippen molar-refractivity contribution in [1.82, 2.24) is 0 Å². The Morgan fingerprint density at radius 1 is 1.50 bits per heavy atom. The molecule has 0 fully saturated rings. The van der Waals surface area contributed by atoms with Crippen LogP contribution in [0.5, 0.6) is 0 Å². The van der Waals surface area contributed by atoms with Crippen molar-refractivity contribution in [2.24, 2.45) is 5.73 Å². The highest BCUT2D eigenvalue weighted by Gasteiger charge is 2.34. The van der Waals surface area contributed by atoms with Gasteiger partial charge in [0, 0.05) is 0 Å². The van der Waals surface area contributed by atoms with Crippen molar-refractivity contribution in [2.75, 3.05) is 12.0 Å². The van der Waals surface area contributed by atoms with Crippen LogP contribution >= 0.6 is 11.8 Å². The van der Waals surface area contributed by atoms with Gasteiger partial charge in [0.05, 0.1) is 6.26 Å². The summed E-state index contributed by atoms with van der Waals surface area (Å²) in [5.74, 6) is -0.710. The molecule has 2 N–H and O–H groups in total. The van der Waals surface area contributed by atoms with E-state index in [1.54, 1.807) is 11.8 Å². The van der Waals surface area contributed by atoms with E-state index in [1.165, 1.54) is 13.0 Å². The Labute approximate surface area is 111 Å². The second-order valence-electron chi connectivity index (χ2n) is 3.64. The summed E-state index contributed by atoms with van der Waals surface area (Å²) in [6.07, 6.45) is 3.56. The van der Waals surface area contributed by atoms with Crippen molar-refractivity contribution in [3.05, 3.63) is 25.5 Å². The highest BCUT2D eigenvalue weighted by molar-refractivity contribution is 7.98.